The summed E-state index contributed by atoms with van der Waals surface area (Å²) in [6, 6.07) is 8.21. The maximum Gasteiger partial charge on any atom is 0.214 e. The molecule has 0 radical (unpaired) electrons. The zero-order valence-corrected chi connectivity index (χ0v) is 23.1. The number of ketones is 2. The highest BCUT2D eigenvalue weighted by Gasteiger charge is 2.46. The Morgan fingerprint density at radius 2 is 1.05 bits per heavy atom. The number of aliphatic hydroxyl groups is 2. The van der Waals surface area contributed by atoms with Crippen molar-refractivity contribution in [3.05, 3.63) is 47.5 Å². The molecule has 0 aromatic heterocycles. The molecule has 2 aromatic rings. The first-order valence-corrected chi connectivity index (χ1v) is 10.2. The van der Waals surface area contributed by atoms with Crippen molar-refractivity contribution in [2.75, 3.05) is 69.2 Å². The maximum absolute atomic E-state index is 13.3. The van der Waals surface area contributed by atoms with Crippen molar-refractivity contribution in [2.24, 2.45) is 0 Å². The van der Waals surface area contributed by atoms with Crippen LogP contribution in [-0.4, -0.2) is 73.6 Å². The summed E-state index contributed by atoms with van der Waals surface area (Å²) < 4.78 is 15.8. The van der Waals surface area contributed by atoms with Crippen LogP contribution < -0.4 is 22.9 Å². The van der Waals surface area contributed by atoms with Gasteiger partial charge < -0.3 is 47.4 Å². The highest BCUT2D eigenvalue weighted by atomic mass is 35.5. The summed E-state index contributed by atoms with van der Waals surface area (Å²) in [4.78, 5) is 26.5. The van der Waals surface area contributed by atoms with E-state index >= 15 is 0 Å². The van der Waals surface area contributed by atoms with Crippen molar-refractivity contribution in [1.29, 1.82) is 0 Å². The molecule has 37 heavy (non-hydrogen) atoms. The Labute approximate surface area is 239 Å². The SMILES string of the molecule is Cl.Cl.Cl.Cl.Nc1ccc(C(=O)C(O)(COCCOCCOCCO)C(=O)c2ccc(N)cc2N)c(N)c1. The van der Waals surface area contributed by atoms with Gasteiger partial charge in [0.25, 0.3) is 0 Å². The molecular formula is C22H34Cl4N4O7. The first-order chi connectivity index (χ1) is 15.7. The molecule has 0 atom stereocenters. The summed E-state index contributed by atoms with van der Waals surface area (Å²) in [5.41, 5.74) is 21.0. The number of Topliss-reactive ketones (excluding diaryl/α,β-unsaturated/α-hetero) is 2. The van der Waals surface area contributed by atoms with E-state index in [1.54, 1.807) is 0 Å². The average molecular weight is 608 g/mol. The number of aliphatic hydroxyl groups excluding tert-OH is 1. The van der Waals surface area contributed by atoms with Crippen LogP contribution in [0.2, 0.25) is 0 Å². The van der Waals surface area contributed by atoms with E-state index in [2.05, 4.69) is 0 Å². The topological polar surface area (TPSA) is 206 Å². The normalized spacial score (nSPS) is 10.2. The van der Waals surface area contributed by atoms with E-state index in [9.17, 15) is 14.7 Å². The van der Waals surface area contributed by atoms with E-state index in [0.29, 0.717) is 11.4 Å². The van der Waals surface area contributed by atoms with Gasteiger partial charge in [0, 0.05) is 33.9 Å². The van der Waals surface area contributed by atoms with Crippen LogP contribution in [0.25, 0.3) is 0 Å². The third kappa shape index (κ3) is 11.1. The summed E-state index contributed by atoms with van der Waals surface area (Å²) in [5.74, 6) is -1.92. The number of hydrogen-bond acceptors (Lipinski definition) is 11. The molecule has 0 aliphatic heterocycles. The Balaban J connectivity index is -0.00000289. The van der Waals surface area contributed by atoms with Crippen LogP contribution in [0.4, 0.5) is 22.7 Å². The Morgan fingerprint density at radius 3 is 1.43 bits per heavy atom. The zero-order valence-electron chi connectivity index (χ0n) is 19.8. The monoisotopic (exact) mass is 606 g/mol. The third-order valence-electron chi connectivity index (χ3n) is 4.68. The molecule has 15 heteroatoms. The van der Waals surface area contributed by atoms with Crippen molar-refractivity contribution in [3.8, 4) is 0 Å². The maximum atomic E-state index is 13.3. The lowest BCUT2D eigenvalue weighted by molar-refractivity contribution is -0.0345. The molecule has 0 amide bonds. The summed E-state index contributed by atoms with van der Waals surface area (Å²) in [5, 5.41) is 19.9. The molecule has 0 unspecified atom stereocenters. The van der Waals surface area contributed by atoms with Crippen LogP contribution in [-0.2, 0) is 14.2 Å². The second kappa shape index (κ2) is 19.1. The smallest absolute Gasteiger partial charge is 0.214 e. The van der Waals surface area contributed by atoms with Crippen molar-refractivity contribution in [1.82, 2.24) is 0 Å². The minimum atomic E-state index is -2.61. The number of ether oxygens (including phenoxy) is 3. The van der Waals surface area contributed by atoms with E-state index in [1.807, 2.05) is 0 Å². The molecule has 0 saturated carbocycles. The summed E-state index contributed by atoms with van der Waals surface area (Å²) >= 11 is 0. The minimum absolute atomic E-state index is 0. The van der Waals surface area contributed by atoms with Gasteiger partial charge in [0.15, 0.2) is 0 Å². The number of carbonyl (C=O) groups is 2. The summed E-state index contributed by atoms with van der Waals surface area (Å²) in [7, 11) is 0. The van der Waals surface area contributed by atoms with Gasteiger partial charge in [0.2, 0.25) is 17.2 Å². The molecule has 0 aliphatic carbocycles. The molecule has 0 aliphatic rings. The van der Waals surface area contributed by atoms with Gasteiger partial charge in [0.05, 0.1) is 46.2 Å². The second-order valence-corrected chi connectivity index (χ2v) is 7.21. The fraction of sp³-hybridized carbons (Fsp3) is 0.364. The predicted octanol–water partition coefficient (Wildman–Crippen LogP) is 1.54. The Bertz CT molecular complexity index is 923. The molecule has 0 heterocycles. The van der Waals surface area contributed by atoms with Gasteiger partial charge in [-0.05, 0) is 36.4 Å². The van der Waals surface area contributed by atoms with Crippen molar-refractivity contribution in [3.63, 3.8) is 0 Å². The van der Waals surface area contributed by atoms with E-state index in [4.69, 9.17) is 42.3 Å². The first kappa shape index (κ1) is 39.5. The van der Waals surface area contributed by atoms with Crippen LogP contribution >= 0.6 is 49.6 Å². The molecular weight excluding hydrogens is 574 g/mol. The van der Waals surface area contributed by atoms with Crippen molar-refractivity contribution < 1.29 is 34.0 Å². The summed E-state index contributed by atoms with van der Waals surface area (Å²) in [6.07, 6.45) is 0. The lowest BCUT2D eigenvalue weighted by atomic mass is 9.85. The minimum Gasteiger partial charge on any atom is -0.399 e. The lowest BCUT2D eigenvalue weighted by Gasteiger charge is -2.26. The van der Waals surface area contributed by atoms with Crippen molar-refractivity contribution in [2.45, 2.75) is 5.60 Å². The molecule has 0 saturated heterocycles. The van der Waals surface area contributed by atoms with Crippen molar-refractivity contribution >= 4 is 83.9 Å². The van der Waals surface area contributed by atoms with E-state index in [-0.39, 0.29) is 112 Å². The Morgan fingerprint density at radius 1 is 0.676 bits per heavy atom. The molecule has 11 nitrogen and oxygen atoms in total. The number of hydrogen-bond donors (Lipinski definition) is 6. The molecule has 10 N–H and O–H groups in total. The van der Waals surface area contributed by atoms with Gasteiger partial charge >= 0.3 is 0 Å². The van der Waals surface area contributed by atoms with Crippen LogP contribution in [0.15, 0.2) is 36.4 Å². The van der Waals surface area contributed by atoms with Gasteiger partial charge in [-0.3, -0.25) is 9.59 Å². The zero-order chi connectivity index (χ0) is 24.4. The standard InChI is InChI=1S/C22H30N4O7.4ClH/c23-14-1-3-16(18(25)11-14)20(28)22(30,13-33-10-9-32-8-7-31-6-5-27)21(29)17-4-2-15(24)12-19(17)26;;;;/h1-4,11-12,27,30H,5-10,13,23-26H2;4*1H. The molecule has 2 aromatic carbocycles. The number of nitrogens with two attached hydrogens (primary N) is 4. The molecule has 212 valence electrons. The average Bonchev–Trinajstić information content (AvgIpc) is 2.77. The number of anilines is 4. The molecule has 0 spiro atoms. The number of halogens is 4. The van der Waals surface area contributed by atoms with Gasteiger partial charge in [-0.1, -0.05) is 0 Å². The fourth-order valence-corrected chi connectivity index (χ4v) is 2.98. The van der Waals surface area contributed by atoms with E-state index in [0.717, 1.165) is 0 Å². The number of nitrogen functional groups attached to an aromatic ring is 4. The van der Waals surface area contributed by atoms with E-state index < -0.39 is 23.8 Å². The van der Waals surface area contributed by atoms with Gasteiger partial charge in [0.1, 0.15) is 0 Å². The molecule has 2 rings (SSSR count). The number of benzene rings is 2. The number of carbonyl (C=O) groups excluding carboxylic acids is 2. The Kier molecular flexibility index (Phi) is 20.3. The molecule has 0 bridgehead atoms. The van der Waals surface area contributed by atoms with Crippen LogP contribution in [0.3, 0.4) is 0 Å². The number of rotatable bonds is 14. The first-order valence-electron chi connectivity index (χ1n) is 10.2. The van der Waals surface area contributed by atoms with Gasteiger partial charge in [-0.25, -0.2) is 0 Å². The highest BCUT2D eigenvalue weighted by molar-refractivity contribution is 6.25. The van der Waals surface area contributed by atoms with Gasteiger partial charge in [-0.15, -0.1) is 49.6 Å². The van der Waals surface area contributed by atoms with Gasteiger partial charge in [-0.2, -0.15) is 0 Å². The van der Waals surface area contributed by atoms with Crippen LogP contribution in [0.5, 0.6) is 0 Å². The predicted molar refractivity (Wildman–Crippen MR) is 153 cm³/mol. The van der Waals surface area contributed by atoms with Crippen LogP contribution in [0, 0.1) is 0 Å². The molecule has 0 fully saturated rings. The Hall–Kier alpha value is -2.06. The lowest BCUT2D eigenvalue weighted by Crippen LogP contribution is -2.51. The highest BCUT2D eigenvalue weighted by Crippen LogP contribution is 2.27. The third-order valence-corrected chi connectivity index (χ3v) is 4.68. The van der Waals surface area contributed by atoms with E-state index in [1.165, 1.54) is 36.4 Å². The fourth-order valence-electron chi connectivity index (χ4n) is 2.98. The quantitative estimate of drug-likeness (QED) is 0.0785. The van der Waals surface area contributed by atoms with Crippen LogP contribution in [0.1, 0.15) is 20.7 Å². The summed E-state index contributed by atoms with van der Waals surface area (Å²) in [6.45, 7) is 0.110. The largest absolute Gasteiger partial charge is 0.399 e. The second-order valence-electron chi connectivity index (χ2n) is 7.21.